The van der Waals surface area contributed by atoms with Crippen LogP contribution in [0.3, 0.4) is 0 Å². The lowest BCUT2D eigenvalue weighted by Gasteiger charge is -2.21. The van der Waals surface area contributed by atoms with Crippen LogP contribution in [0.5, 0.6) is 0 Å². The normalized spacial score (nSPS) is 11.0. The molecule has 2 amide bonds. The minimum absolute atomic E-state index is 0.0529. The molecular formula is C19H31N3O2. The summed E-state index contributed by atoms with van der Waals surface area (Å²) in [5, 5.41) is 5.90. The van der Waals surface area contributed by atoms with Crippen LogP contribution in [-0.4, -0.2) is 42.4 Å². The number of amides is 2. The van der Waals surface area contributed by atoms with E-state index in [4.69, 9.17) is 0 Å². The molecule has 0 aliphatic carbocycles. The third-order valence-corrected chi connectivity index (χ3v) is 3.89. The number of carbonyl (C=O) groups excluding carboxylic acids is 2. The number of nitrogens with one attached hydrogen (secondary N) is 2. The van der Waals surface area contributed by atoms with E-state index in [-0.39, 0.29) is 30.9 Å². The molecular weight excluding hydrogens is 302 g/mol. The molecule has 0 atom stereocenters. The summed E-state index contributed by atoms with van der Waals surface area (Å²) in [4.78, 5) is 26.2. The Bertz CT molecular complexity index is 533. The number of aryl methyl sites for hydroxylation is 2. The smallest absolute Gasteiger partial charge is 0.238 e. The van der Waals surface area contributed by atoms with E-state index in [1.165, 1.54) is 0 Å². The summed E-state index contributed by atoms with van der Waals surface area (Å²) in [6.45, 7) is 11.1. The van der Waals surface area contributed by atoms with Crippen LogP contribution in [0, 0.1) is 0 Å². The number of nitrogens with zero attached hydrogens (tertiary/aromatic N) is 1. The van der Waals surface area contributed by atoms with Gasteiger partial charge < -0.3 is 10.6 Å². The van der Waals surface area contributed by atoms with Gasteiger partial charge in [0.15, 0.2) is 0 Å². The molecule has 134 valence electrons. The molecule has 24 heavy (non-hydrogen) atoms. The van der Waals surface area contributed by atoms with Gasteiger partial charge in [0.25, 0.3) is 0 Å². The third-order valence-electron chi connectivity index (χ3n) is 3.89. The van der Waals surface area contributed by atoms with Crippen molar-refractivity contribution < 1.29 is 9.59 Å². The molecule has 0 bridgehead atoms. The van der Waals surface area contributed by atoms with Crippen LogP contribution in [-0.2, 0) is 22.4 Å². The zero-order valence-electron chi connectivity index (χ0n) is 15.6. The van der Waals surface area contributed by atoms with E-state index >= 15 is 0 Å². The van der Waals surface area contributed by atoms with Gasteiger partial charge in [0, 0.05) is 11.7 Å². The summed E-state index contributed by atoms with van der Waals surface area (Å²) in [5.41, 5.74) is 3.21. The van der Waals surface area contributed by atoms with Gasteiger partial charge in [0.05, 0.1) is 13.1 Å². The van der Waals surface area contributed by atoms with Crippen LogP contribution < -0.4 is 10.6 Å². The molecule has 0 aliphatic heterocycles. The first-order valence-corrected chi connectivity index (χ1v) is 8.83. The lowest BCUT2D eigenvalue weighted by atomic mass is 10.0. The molecule has 1 aromatic carbocycles. The van der Waals surface area contributed by atoms with Crippen molar-refractivity contribution in [2.24, 2.45) is 0 Å². The van der Waals surface area contributed by atoms with Gasteiger partial charge in [-0.05, 0) is 44.4 Å². The van der Waals surface area contributed by atoms with E-state index in [1.807, 2.05) is 43.9 Å². The van der Waals surface area contributed by atoms with Crippen molar-refractivity contribution in [3.63, 3.8) is 0 Å². The van der Waals surface area contributed by atoms with E-state index in [9.17, 15) is 9.59 Å². The fraction of sp³-hybridized carbons (Fsp3) is 0.579. The van der Waals surface area contributed by atoms with Crippen LogP contribution in [0.15, 0.2) is 18.2 Å². The predicted molar refractivity (Wildman–Crippen MR) is 99.2 cm³/mol. The number of likely N-dealkylation sites (N-methyl/N-ethyl adjacent to an activating group) is 1. The Kier molecular flexibility index (Phi) is 8.47. The predicted octanol–water partition coefficient (Wildman–Crippen LogP) is 2.60. The van der Waals surface area contributed by atoms with E-state index < -0.39 is 0 Å². The van der Waals surface area contributed by atoms with Gasteiger partial charge in [-0.2, -0.15) is 0 Å². The number of anilines is 1. The molecule has 0 heterocycles. The van der Waals surface area contributed by atoms with Gasteiger partial charge in [-0.1, -0.05) is 39.0 Å². The van der Waals surface area contributed by atoms with E-state index in [0.717, 1.165) is 29.7 Å². The van der Waals surface area contributed by atoms with Crippen LogP contribution in [0.1, 0.15) is 45.7 Å². The van der Waals surface area contributed by atoms with Gasteiger partial charge >= 0.3 is 0 Å². The second-order valence-electron chi connectivity index (χ2n) is 6.23. The fourth-order valence-electron chi connectivity index (χ4n) is 2.64. The second-order valence-corrected chi connectivity index (χ2v) is 6.23. The highest BCUT2D eigenvalue weighted by Crippen LogP contribution is 2.22. The topological polar surface area (TPSA) is 61.4 Å². The minimum Gasteiger partial charge on any atom is -0.353 e. The van der Waals surface area contributed by atoms with E-state index in [2.05, 4.69) is 24.5 Å². The van der Waals surface area contributed by atoms with Crippen molar-refractivity contribution in [1.82, 2.24) is 10.2 Å². The zero-order chi connectivity index (χ0) is 18.1. The molecule has 0 saturated carbocycles. The highest BCUT2D eigenvalue weighted by atomic mass is 16.2. The van der Waals surface area contributed by atoms with E-state index in [1.54, 1.807) is 0 Å². The van der Waals surface area contributed by atoms with E-state index in [0.29, 0.717) is 6.54 Å². The molecule has 5 heteroatoms. The maximum Gasteiger partial charge on any atom is 0.238 e. The van der Waals surface area contributed by atoms with Crippen molar-refractivity contribution in [3.8, 4) is 0 Å². The molecule has 5 nitrogen and oxygen atoms in total. The average molecular weight is 333 g/mol. The first kappa shape index (κ1) is 20.2. The average Bonchev–Trinajstić information content (AvgIpc) is 2.53. The first-order valence-electron chi connectivity index (χ1n) is 8.83. The maximum atomic E-state index is 12.4. The first-order chi connectivity index (χ1) is 11.4. The van der Waals surface area contributed by atoms with Gasteiger partial charge in [0.2, 0.25) is 11.8 Å². The summed E-state index contributed by atoms with van der Waals surface area (Å²) >= 11 is 0. The Morgan fingerprint density at radius 1 is 1.00 bits per heavy atom. The van der Waals surface area contributed by atoms with Crippen molar-refractivity contribution in [2.45, 2.75) is 53.5 Å². The van der Waals surface area contributed by atoms with Crippen LogP contribution in [0.2, 0.25) is 0 Å². The van der Waals surface area contributed by atoms with Gasteiger partial charge in [0.1, 0.15) is 0 Å². The standard InChI is InChI=1S/C19H31N3O2/c1-6-15-10-9-11-16(7-2)19(15)21-18(24)13-22(8-3)12-17(23)20-14(4)5/h9-11,14H,6-8,12-13H2,1-5H3,(H,20,23)(H,21,24). The number of carbonyl (C=O) groups is 2. The molecule has 0 spiro atoms. The summed E-state index contributed by atoms with van der Waals surface area (Å²) in [7, 11) is 0. The number of benzene rings is 1. The Morgan fingerprint density at radius 2 is 1.54 bits per heavy atom. The highest BCUT2D eigenvalue weighted by Gasteiger charge is 2.15. The zero-order valence-corrected chi connectivity index (χ0v) is 15.6. The van der Waals surface area contributed by atoms with Crippen LogP contribution in [0.4, 0.5) is 5.69 Å². The summed E-state index contributed by atoms with van der Waals surface area (Å²) in [5.74, 6) is -0.132. The monoisotopic (exact) mass is 333 g/mol. The molecule has 0 fully saturated rings. The van der Waals surface area contributed by atoms with Crippen molar-refractivity contribution >= 4 is 17.5 Å². The quantitative estimate of drug-likeness (QED) is 0.730. The Morgan fingerprint density at radius 3 is 2.00 bits per heavy atom. The fourth-order valence-corrected chi connectivity index (χ4v) is 2.64. The Hall–Kier alpha value is -1.88. The van der Waals surface area contributed by atoms with Gasteiger partial charge in [-0.25, -0.2) is 0 Å². The second kappa shape index (κ2) is 10.1. The largest absolute Gasteiger partial charge is 0.353 e. The maximum absolute atomic E-state index is 12.4. The van der Waals surface area contributed by atoms with Gasteiger partial charge in [-0.3, -0.25) is 14.5 Å². The Labute approximate surface area is 145 Å². The SMILES string of the molecule is CCc1cccc(CC)c1NC(=O)CN(CC)CC(=O)NC(C)C. The minimum atomic E-state index is -0.0789. The number of hydrogen-bond acceptors (Lipinski definition) is 3. The third kappa shape index (κ3) is 6.32. The molecule has 0 aromatic heterocycles. The highest BCUT2D eigenvalue weighted by molar-refractivity contribution is 5.94. The number of para-hydroxylation sites is 1. The van der Waals surface area contributed by atoms with Crippen LogP contribution in [0.25, 0.3) is 0 Å². The molecule has 1 rings (SSSR count). The molecule has 1 aromatic rings. The van der Waals surface area contributed by atoms with Crippen LogP contribution >= 0.6 is 0 Å². The van der Waals surface area contributed by atoms with Gasteiger partial charge in [-0.15, -0.1) is 0 Å². The lowest BCUT2D eigenvalue weighted by molar-refractivity contribution is -0.123. The van der Waals surface area contributed by atoms with Crippen molar-refractivity contribution in [3.05, 3.63) is 29.3 Å². The lowest BCUT2D eigenvalue weighted by Crippen LogP contribution is -2.42. The molecule has 0 radical (unpaired) electrons. The molecule has 0 unspecified atom stereocenters. The number of hydrogen-bond donors (Lipinski definition) is 2. The van der Waals surface area contributed by atoms with Crippen molar-refractivity contribution in [2.75, 3.05) is 25.0 Å². The summed E-state index contributed by atoms with van der Waals surface area (Å²) in [6, 6.07) is 6.22. The molecule has 0 aliphatic rings. The number of rotatable bonds is 9. The Balaban J connectivity index is 2.72. The van der Waals surface area contributed by atoms with Crippen molar-refractivity contribution in [1.29, 1.82) is 0 Å². The molecule has 0 saturated heterocycles. The summed E-state index contributed by atoms with van der Waals surface area (Å²) in [6.07, 6.45) is 1.75. The summed E-state index contributed by atoms with van der Waals surface area (Å²) < 4.78 is 0. The molecule has 2 N–H and O–H groups in total.